The smallest absolute Gasteiger partial charge is 0.407 e. The summed E-state index contributed by atoms with van der Waals surface area (Å²) in [6, 6.07) is 12.7. The van der Waals surface area contributed by atoms with Gasteiger partial charge < -0.3 is 41.5 Å². The number of carbonyl (C=O) groups excluding carboxylic acids is 4. The SMILES string of the molecule is C[C@@H](O)[C@H](NC(=O)OCC1c2ccccc2-c2ccccc21)C(=O)N1CCC[C@H]1C(=O)NCC(=O)NCCCC[C@H](N)C(=O)O. The largest absolute Gasteiger partial charge is 0.480 e. The summed E-state index contributed by atoms with van der Waals surface area (Å²) in [7, 11) is 0. The van der Waals surface area contributed by atoms with E-state index >= 15 is 0 Å². The van der Waals surface area contributed by atoms with Gasteiger partial charge in [0.15, 0.2) is 0 Å². The van der Waals surface area contributed by atoms with Crippen LogP contribution in [0.5, 0.6) is 0 Å². The highest BCUT2D eigenvalue weighted by molar-refractivity contribution is 5.93. The number of rotatable bonds is 14. The van der Waals surface area contributed by atoms with Gasteiger partial charge in [0.05, 0.1) is 12.6 Å². The second kappa shape index (κ2) is 15.5. The number of nitrogens with two attached hydrogens (primary N) is 1. The molecule has 13 nitrogen and oxygen atoms in total. The van der Waals surface area contributed by atoms with Crippen LogP contribution in [0.15, 0.2) is 48.5 Å². The van der Waals surface area contributed by atoms with Crippen LogP contribution in [0.3, 0.4) is 0 Å². The Morgan fingerprint density at radius 3 is 2.27 bits per heavy atom. The Hall–Kier alpha value is -4.49. The molecule has 242 valence electrons. The van der Waals surface area contributed by atoms with Crippen molar-refractivity contribution in [1.29, 1.82) is 0 Å². The van der Waals surface area contributed by atoms with E-state index in [9.17, 15) is 29.1 Å². The van der Waals surface area contributed by atoms with Crippen molar-refractivity contribution in [3.63, 3.8) is 0 Å². The number of amides is 4. The molecule has 0 aromatic heterocycles. The van der Waals surface area contributed by atoms with Crippen LogP contribution in [0.1, 0.15) is 56.1 Å². The normalized spacial score (nSPS) is 17.4. The summed E-state index contributed by atoms with van der Waals surface area (Å²) in [5.41, 5.74) is 9.68. The molecule has 4 rings (SSSR count). The van der Waals surface area contributed by atoms with E-state index in [1.807, 2.05) is 48.5 Å². The van der Waals surface area contributed by atoms with Crippen LogP contribution in [0.4, 0.5) is 4.79 Å². The van der Waals surface area contributed by atoms with Crippen molar-refractivity contribution in [3.05, 3.63) is 59.7 Å². The molecule has 0 spiro atoms. The lowest BCUT2D eigenvalue weighted by molar-refractivity contribution is -0.142. The van der Waals surface area contributed by atoms with E-state index in [-0.39, 0.29) is 32.0 Å². The lowest BCUT2D eigenvalue weighted by atomic mass is 9.98. The first-order valence-electron chi connectivity index (χ1n) is 15.2. The van der Waals surface area contributed by atoms with Gasteiger partial charge >= 0.3 is 12.1 Å². The molecular weight excluding hydrogens is 582 g/mol. The number of ether oxygens (including phenoxy) is 1. The van der Waals surface area contributed by atoms with Gasteiger partial charge in [0, 0.05) is 19.0 Å². The van der Waals surface area contributed by atoms with E-state index in [0.717, 1.165) is 22.3 Å². The molecule has 2 aromatic carbocycles. The minimum atomic E-state index is -1.34. The van der Waals surface area contributed by atoms with Crippen LogP contribution in [-0.4, -0.2) is 95.4 Å². The van der Waals surface area contributed by atoms with E-state index in [2.05, 4.69) is 16.0 Å². The molecule has 45 heavy (non-hydrogen) atoms. The molecule has 4 amide bonds. The van der Waals surface area contributed by atoms with Gasteiger partial charge in [-0.15, -0.1) is 0 Å². The summed E-state index contributed by atoms with van der Waals surface area (Å²) < 4.78 is 5.55. The van der Waals surface area contributed by atoms with Gasteiger partial charge in [-0.1, -0.05) is 48.5 Å². The van der Waals surface area contributed by atoms with Crippen molar-refractivity contribution >= 4 is 29.8 Å². The topological polar surface area (TPSA) is 200 Å². The molecule has 0 saturated carbocycles. The highest BCUT2D eigenvalue weighted by Gasteiger charge is 2.39. The van der Waals surface area contributed by atoms with Gasteiger partial charge in [0.2, 0.25) is 17.7 Å². The van der Waals surface area contributed by atoms with Crippen LogP contribution in [0.25, 0.3) is 11.1 Å². The van der Waals surface area contributed by atoms with E-state index in [4.69, 9.17) is 15.6 Å². The average Bonchev–Trinajstić information content (AvgIpc) is 3.64. The Balaban J connectivity index is 1.26. The second-order valence-corrected chi connectivity index (χ2v) is 11.4. The minimum Gasteiger partial charge on any atom is -0.480 e. The number of carbonyl (C=O) groups is 5. The molecule has 1 heterocycles. The third-order valence-electron chi connectivity index (χ3n) is 8.21. The van der Waals surface area contributed by atoms with E-state index < -0.39 is 54.0 Å². The molecule has 2 aromatic rings. The number of carboxylic acids is 1. The molecule has 4 atom stereocenters. The number of fused-ring (bicyclic) bond motifs is 3. The Bertz CT molecular complexity index is 1350. The van der Waals surface area contributed by atoms with Gasteiger partial charge in [-0.05, 0) is 61.3 Å². The molecule has 13 heteroatoms. The van der Waals surface area contributed by atoms with E-state index in [1.165, 1.54) is 11.8 Å². The van der Waals surface area contributed by atoms with Crippen molar-refractivity contribution in [1.82, 2.24) is 20.9 Å². The van der Waals surface area contributed by atoms with Gasteiger partial charge in [-0.2, -0.15) is 0 Å². The number of hydrogen-bond donors (Lipinski definition) is 6. The predicted octanol–water partition coefficient (Wildman–Crippen LogP) is 1.08. The summed E-state index contributed by atoms with van der Waals surface area (Å²) in [6.07, 6.45) is 0.108. The maximum absolute atomic E-state index is 13.4. The molecule has 1 saturated heterocycles. The number of benzene rings is 2. The first kappa shape index (κ1) is 33.4. The summed E-state index contributed by atoms with van der Waals surface area (Å²) in [6.45, 7) is 1.65. The maximum Gasteiger partial charge on any atom is 0.407 e. The Morgan fingerprint density at radius 1 is 1.00 bits per heavy atom. The van der Waals surface area contributed by atoms with Crippen LogP contribution in [0, 0.1) is 0 Å². The van der Waals surface area contributed by atoms with E-state index in [0.29, 0.717) is 32.2 Å². The highest BCUT2D eigenvalue weighted by atomic mass is 16.5. The summed E-state index contributed by atoms with van der Waals surface area (Å²) >= 11 is 0. The molecular formula is C32H41N5O8. The predicted molar refractivity (Wildman–Crippen MR) is 164 cm³/mol. The number of hydrogen-bond acceptors (Lipinski definition) is 8. The number of nitrogens with one attached hydrogen (secondary N) is 3. The Morgan fingerprint density at radius 2 is 1.64 bits per heavy atom. The second-order valence-electron chi connectivity index (χ2n) is 11.4. The van der Waals surface area contributed by atoms with Crippen LogP contribution < -0.4 is 21.7 Å². The van der Waals surface area contributed by atoms with Crippen LogP contribution in [-0.2, 0) is 23.9 Å². The van der Waals surface area contributed by atoms with Crippen molar-refractivity contribution < 1.29 is 38.9 Å². The Kier molecular flexibility index (Phi) is 11.5. The standard InChI is InChI=1S/C32H41N5O8/c1-19(38)28(36-32(44)45-18-24-22-11-4-2-9-20(22)21-10-3-5-12-23(21)24)30(41)37-16-8-14-26(37)29(40)35-17-27(39)34-15-7-6-13-25(33)31(42)43/h2-5,9-12,19,24-26,28,38H,6-8,13-18,33H2,1H3,(H,34,39)(H,35,40)(H,36,44)(H,42,43)/t19-,25+,26+,28+/m1/s1. The number of likely N-dealkylation sites (tertiary alicyclic amines) is 1. The third-order valence-corrected chi connectivity index (χ3v) is 8.21. The molecule has 1 aliphatic heterocycles. The summed E-state index contributed by atoms with van der Waals surface area (Å²) in [5.74, 6) is -2.83. The van der Waals surface area contributed by atoms with E-state index in [1.54, 1.807) is 0 Å². The molecule has 1 aliphatic carbocycles. The number of carboxylic acid groups (broad SMARTS) is 1. The monoisotopic (exact) mass is 623 g/mol. The number of nitrogens with zero attached hydrogens (tertiary/aromatic N) is 1. The fraction of sp³-hybridized carbons (Fsp3) is 0.469. The maximum atomic E-state index is 13.4. The van der Waals surface area contributed by atoms with Gasteiger partial charge in [-0.25, -0.2) is 4.79 Å². The number of aliphatic hydroxyl groups is 1. The fourth-order valence-electron chi connectivity index (χ4n) is 5.83. The number of aliphatic hydroxyl groups excluding tert-OH is 1. The minimum absolute atomic E-state index is 0.0350. The van der Waals surface area contributed by atoms with Gasteiger partial charge in [-0.3, -0.25) is 19.2 Å². The average molecular weight is 624 g/mol. The first-order chi connectivity index (χ1) is 21.6. The summed E-state index contributed by atoms with van der Waals surface area (Å²) in [4.78, 5) is 63.5. The first-order valence-corrected chi connectivity index (χ1v) is 15.2. The quantitative estimate of drug-likeness (QED) is 0.167. The van der Waals surface area contributed by atoms with Crippen LogP contribution >= 0.6 is 0 Å². The molecule has 0 unspecified atom stereocenters. The highest BCUT2D eigenvalue weighted by Crippen LogP contribution is 2.44. The number of alkyl carbamates (subject to hydrolysis) is 1. The van der Waals surface area contributed by atoms with Gasteiger partial charge in [0.25, 0.3) is 0 Å². The molecule has 2 aliphatic rings. The Labute approximate surface area is 261 Å². The lowest BCUT2D eigenvalue weighted by Gasteiger charge is -2.29. The molecule has 0 bridgehead atoms. The fourth-order valence-corrected chi connectivity index (χ4v) is 5.83. The van der Waals surface area contributed by atoms with Crippen molar-refractivity contribution in [2.45, 2.75) is 69.2 Å². The van der Waals surface area contributed by atoms with Crippen LogP contribution in [0.2, 0.25) is 0 Å². The number of unbranched alkanes of at least 4 members (excludes halogenated alkanes) is 1. The zero-order valence-corrected chi connectivity index (χ0v) is 25.2. The van der Waals surface area contributed by atoms with Crippen molar-refractivity contribution in [3.8, 4) is 11.1 Å². The molecule has 1 fully saturated rings. The molecule has 0 radical (unpaired) electrons. The molecule has 7 N–H and O–H groups in total. The zero-order valence-electron chi connectivity index (χ0n) is 25.2. The van der Waals surface area contributed by atoms with Gasteiger partial charge in [0.1, 0.15) is 24.7 Å². The third kappa shape index (κ3) is 8.37. The summed E-state index contributed by atoms with van der Waals surface area (Å²) in [5, 5.41) is 26.9. The van der Waals surface area contributed by atoms with Crippen molar-refractivity contribution in [2.24, 2.45) is 5.73 Å². The number of aliphatic carboxylic acids is 1. The lowest BCUT2D eigenvalue weighted by Crippen LogP contribution is -2.57. The van der Waals surface area contributed by atoms with Crippen molar-refractivity contribution in [2.75, 3.05) is 26.2 Å². The zero-order chi connectivity index (χ0) is 32.5.